The van der Waals surface area contributed by atoms with E-state index in [9.17, 15) is 4.79 Å². The number of aromatic amines is 1. The number of hydrogen-bond donors (Lipinski definition) is 2. The zero-order chi connectivity index (χ0) is 8.10. The highest BCUT2D eigenvalue weighted by Gasteiger charge is 1.95. The monoisotopic (exact) mass is 226 g/mol. The van der Waals surface area contributed by atoms with Crippen molar-refractivity contribution < 1.29 is 4.74 Å². The Morgan fingerprint density at radius 2 is 2.15 bits per heavy atom. The molecule has 13 heavy (non-hydrogen) atoms. The van der Waals surface area contributed by atoms with Gasteiger partial charge in [0.1, 0.15) is 6.61 Å². The van der Waals surface area contributed by atoms with Gasteiger partial charge in [-0.3, -0.25) is 4.79 Å². The van der Waals surface area contributed by atoms with Gasteiger partial charge in [0.25, 0.3) is 5.56 Å². The van der Waals surface area contributed by atoms with E-state index in [2.05, 4.69) is 4.98 Å². The van der Waals surface area contributed by atoms with Crippen LogP contribution in [0.4, 0.5) is 0 Å². The van der Waals surface area contributed by atoms with Crippen LogP contribution in [0.2, 0.25) is 0 Å². The minimum absolute atomic E-state index is 0. The van der Waals surface area contributed by atoms with E-state index in [1.54, 1.807) is 18.3 Å². The third-order valence-corrected chi connectivity index (χ3v) is 1.16. The first kappa shape index (κ1) is 14.8. The summed E-state index contributed by atoms with van der Waals surface area (Å²) in [4.78, 5) is 13.4. The Balaban J connectivity index is 0. The lowest BCUT2D eigenvalue weighted by atomic mass is 10.4. The summed E-state index contributed by atoms with van der Waals surface area (Å²) in [6.45, 7) is 0.779. The minimum Gasteiger partial charge on any atom is -0.487 e. The minimum atomic E-state index is -0.221. The highest BCUT2D eigenvalue weighted by molar-refractivity contribution is 5.85. The zero-order valence-electron chi connectivity index (χ0n) is 6.86. The van der Waals surface area contributed by atoms with Gasteiger partial charge in [0.2, 0.25) is 0 Å². The number of ether oxygens (including phenoxy) is 1. The van der Waals surface area contributed by atoms with E-state index in [0.29, 0.717) is 18.9 Å². The Kier molecular flexibility index (Phi) is 9.01. The lowest BCUT2D eigenvalue weighted by Crippen LogP contribution is -2.16. The van der Waals surface area contributed by atoms with Crippen LogP contribution in [0.3, 0.4) is 0 Å². The summed E-state index contributed by atoms with van der Waals surface area (Å²) >= 11 is 0. The van der Waals surface area contributed by atoms with Crippen molar-refractivity contribution in [2.75, 3.05) is 13.2 Å². The molecule has 3 N–H and O–H groups in total. The van der Waals surface area contributed by atoms with Crippen molar-refractivity contribution in [2.24, 2.45) is 5.73 Å². The van der Waals surface area contributed by atoms with Crippen molar-refractivity contribution in [3.63, 3.8) is 0 Å². The number of H-pyrrole nitrogens is 1. The van der Waals surface area contributed by atoms with Crippen LogP contribution in [0.25, 0.3) is 0 Å². The molecule has 0 radical (unpaired) electrons. The average molecular weight is 227 g/mol. The lowest BCUT2D eigenvalue weighted by Gasteiger charge is -2.00. The first-order chi connectivity index (χ1) is 5.34. The molecule has 0 aliphatic rings. The summed E-state index contributed by atoms with van der Waals surface area (Å²) in [5.74, 6) is 0.318. The fourth-order valence-corrected chi connectivity index (χ4v) is 0.689. The molecule has 0 aromatic carbocycles. The van der Waals surface area contributed by atoms with Gasteiger partial charge in [0, 0.05) is 12.7 Å². The molecular formula is C7H12Cl2N2O2. The van der Waals surface area contributed by atoms with Gasteiger partial charge in [-0.25, -0.2) is 0 Å². The Morgan fingerprint density at radius 1 is 1.46 bits per heavy atom. The zero-order valence-corrected chi connectivity index (χ0v) is 8.49. The second-order valence-electron chi connectivity index (χ2n) is 2.00. The van der Waals surface area contributed by atoms with E-state index in [1.807, 2.05) is 0 Å². The van der Waals surface area contributed by atoms with Crippen LogP contribution in [0.5, 0.6) is 5.75 Å². The Labute approximate surface area is 88.3 Å². The lowest BCUT2D eigenvalue weighted by molar-refractivity contribution is 0.323. The van der Waals surface area contributed by atoms with Crippen LogP contribution < -0.4 is 16.0 Å². The molecule has 0 bridgehead atoms. The van der Waals surface area contributed by atoms with Gasteiger partial charge in [-0.05, 0) is 12.1 Å². The summed E-state index contributed by atoms with van der Waals surface area (Å²) in [6.07, 6.45) is 1.55. The molecule has 0 aliphatic carbocycles. The Morgan fingerprint density at radius 3 is 2.69 bits per heavy atom. The first-order valence-corrected chi connectivity index (χ1v) is 3.35. The maximum atomic E-state index is 10.9. The number of rotatable bonds is 3. The number of hydrogen-bond acceptors (Lipinski definition) is 3. The molecule has 0 fully saturated rings. The maximum absolute atomic E-state index is 10.9. The molecule has 0 saturated heterocycles. The smallest absolute Gasteiger partial charge is 0.290 e. The van der Waals surface area contributed by atoms with Crippen molar-refractivity contribution in [3.05, 3.63) is 28.7 Å². The fraction of sp³-hybridized carbons (Fsp3) is 0.286. The van der Waals surface area contributed by atoms with Crippen LogP contribution in [-0.2, 0) is 0 Å². The molecule has 0 aliphatic heterocycles. The second kappa shape index (κ2) is 7.91. The average Bonchev–Trinajstić information content (AvgIpc) is 2.03. The van der Waals surface area contributed by atoms with Crippen LogP contribution in [0, 0.1) is 0 Å². The molecule has 1 aromatic heterocycles. The summed E-state index contributed by atoms with van der Waals surface area (Å²) in [6, 6.07) is 3.31. The normalized spacial score (nSPS) is 8.08. The van der Waals surface area contributed by atoms with E-state index < -0.39 is 0 Å². The molecule has 0 atom stereocenters. The third-order valence-electron chi connectivity index (χ3n) is 1.16. The van der Waals surface area contributed by atoms with Crippen molar-refractivity contribution in [3.8, 4) is 5.75 Å². The standard InChI is InChI=1S/C7H10N2O2.2ClH/c8-3-5-11-6-2-1-4-9-7(6)10;;/h1-2,4H,3,5,8H2,(H,9,10);2*1H. The predicted molar refractivity (Wildman–Crippen MR) is 56.1 cm³/mol. The van der Waals surface area contributed by atoms with Gasteiger partial charge in [-0.15, -0.1) is 24.8 Å². The highest BCUT2D eigenvalue weighted by Crippen LogP contribution is 1.97. The van der Waals surface area contributed by atoms with Gasteiger partial charge >= 0.3 is 0 Å². The number of halogens is 2. The van der Waals surface area contributed by atoms with Crippen LogP contribution in [0.1, 0.15) is 0 Å². The van der Waals surface area contributed by atoms with Crippen molar-refractivity contribution in [1.82, 2.24) is 4.98 Å². The molecule has 0 spiro atoms. The maximum Gasteiger partial charge on any atom is 0.290 e. The van der Waals surface area contributed by atoms with E-state index in [4.69, 9.17) is 10.5 Å². The van der Waals surface area contributed by atoms with Crippen LogP contribution in [-0.4, -0.2) is 18.1 Å². The largest absolute Gasteiger partial charge is 0.487 e. The van der Waals surface area contributed by atoms with Crippen molar-refractivity contribution >= 4 is 24.8 Å². The van der Waals surface area contributed by atoms with E-state index in [0.717, 1.165) is 0 Å². The molecule has 4 nitrogen and oxygen atoms in total. The molecule has 1 rings (SSSR count). The van der Waals surface area contributed by atoms with Crippen molar-refractivity contribution in [2.45, 2.75) is 0 Å². The third kappa shape index (κ3) is 4.77. The van der Waals surface area contributed by atoms with Crippen LogP contribution in [0.15, 0.2) is 23.1 Å². The molecule has 0 saturated carbocycles. The number of pyridine rings is 1. The molecule has 6 heteroatoms. The molecular weight excluding hydrogens is 215 g/mol. The summed E-state index contributed by atoms with van der Waals surface area (Å²) in [7, 11) is 0. The number of nitrogens with one attached hydrogen (secondary N) is 1. The first-order valence-electron chi connectivity index (χ1n) is 3.35. The van der Waals surface area contributed by atoms with Gasteiger partial charge in [0.05, 0.1) is 0 Å². The topological polar surface area (TPSA) is 68.1 Å². The van der Waals surface area contributed by atoms with Gasteiger partial charge in [-0.1, -0.05) is 0 Å². The number of aromatic nitrogens is 1. The SMILES string of the molecule is Cl.Cl.NCCOc1ccc[nH]c1=O. The predicted octanol–water partition coefficient (Wildman–Crippen LogP) is 0.556. The number of nitrogens with two attached hydrogens (primary N) is 1. The van der Waals surface area contributed by atoms with E-state index in [1.165, 1.54) is 0 Å². The molecule has 1 aromatic rings. The van der Waals surface area contributed by atoms with Gasteiger partial charge < -0.3 is 15.5 Å². The Bertz CT molecular complexity index is 277. The summed E-state index contributed by atoms with van der Waals surface area (Å²) < 4.78 is 5.02. The summed E-state index contributed by atoms with van der Waals surface area (Å²) in [5.41, 5.74) is 4.97. The van der Waals surface area contributed by atoms with Crippen LogP contribution >= 0.6 is 24.8 Å². The van der Waals surface area contributed by atoms with E-state index in [-0.39, 0.29) is 30.4 Å². The molecule has 0 unspecified atom stereocenters. The van der Waals surface area contributed by atoms with Gasteiger partial charge in [-0.2, -0.15) is 0 Å². The highest BCUT2D eigenvalue weighted by atomic mass is 35.5. The molecule has 76 valence electrons. The molecule has 0 amide bonds. The van der Waals surface area contributed by atoms with E-state index >= 15 is 0 Å². The Hall–Kier alpha value is -0.710. The summed E-state index contributed by atoms with van der Waals surface area (Å²) in [5, 5.41) is 0. The fourth-order valence-electron chi connectivity index (χ4n) is 0.689. The van der Waals surface area contributed by atoms with Crippen molar-refractivity contribution in [1.29, 1.82) is 0 Å². The quantitative estimate of drug-likeness (QED) is 0.792. The van der Waals surface area contributed by atoms with Gasteiger partial charge in [0.15, 0.2) is 5.75 Å². The second-order valence-corrected chi connectivity index (χ2v) is 2.00. The molecule has 1 heterocycles.